The molecule has 0 spiro atoms. The Labute approximate surface area is 138 Å². The van der Waals surface area contributed by atoms with E-state index in [0.29, 0.717) is 17.3 Å². The van der Waals surface area contributed by atoms with Gasteiger partial charge in [0.2, 0.25) is 0 Å². The van der Waals surface area contributed by atoms with E-state index in [1.165, 1.54) is 0 Å². The molecule has 0 aliphatic heterocycles. The van der Waals surface area contributed by atoms with Crippen molar-refractivity contribution in [1.29, 1.82) is 5.26 Å². The van der Waals surface area contributed by atoms with Gasteiger partial charge in [-0.1, -0.05) is 12.1 Å². The monoisotopic (exact) mass is 321 g/mol. The molecular formula is C18H15N3O3. The maximum atomic E-state index is 10.2. The standard InChI is InChI=1S/C18H15N3O3/c1-23-12-6-8-13(9-7-12)24-11-17(22)14(10-19)18-20-15-4-2-3-5-16(15)21-18/h2-9,22H,11H2,1H3,(H,20,21)/b17-14-. The molecule has 1 aromatic heterocycles. The molecular weight excluding hydrogens is 306 g/mol. The van der Waals surface area contributed by atoms with Gasteiger partial charge in [-0.05, 0) is 36.4 Å². The minimum Gasteiger partial charge on any atom is -0.507 e. The zero-order valence-corrected chi connectivity index (χ0v) is 13.0. The van der Waals surface area contributed by atoms with Gasteiger partial charge in [0.1, 0.15) is 29.7 Å². The summed E-state index contributed by atoms with van der Waals surface area (Å²) in [5.74, 6) is 1.40. The summed E-state index contributed by atoms with van der Waals surface area (Å²) in [6, 6.07) is 16.3. The van der Waals surface area contributed by atoms with Crippen LogP contribution in [0.2, 0.25) is 0 Å². The van der Waals surface area contributed by atoms with Crippen molar-refractivity contribution in [3.8, 4) is 17.6 Å². The average molecular weight is 321 g/mol. The Kier molecular flexibility index (Phi) is 4.34. The van der Waals surface area contributed by atoms with Crippen molar-refractivity contribution >= 4 is 16.6 Å². The average Bonchev–Trinajstić information content (AvgIpc) is 3.04. The largest absolute Gasteiger partial charge is 0.507 e. The number of hydrogen-bond acceptors (Lipinski definition) is 5. The summed E-state index contributed by atoms with van der Waals surface area (Å²) in [7, 11) is 1.58. The van der Waals surface area contributed by atoms with E-state index >= 15 is 0 Å². The summed E-state index contributed by atoms with van der Waals surface area (Å²) in [5.41, 5.74) is 1.58. The number of para-hydroxylation sites is 2. The molecule has 24 heavy (non-hydrogen) atoms. The number of benzene rings is 2. The molecule has 0 radical (unpaired) electrons. The maximum Gasteiger partial charge on any atom is 0.152 e. The zero-order valence-electron chi connectivity index (χ0n) is 13.0. The highest BCUT2D eigenvalue weighted by Crippen LogP contribution is 2.21. The second kappa shape index (κ2) is 6.75. The molecule has 0 bridgehead atoms. The summed E-state index contributed by atoms with van der Waals surface area (Å²) in [6.45, 7) is -0.133. The lowest BCUT2D eigenvalue weighted by molar-refractivity contribution is 0.272. The van der Waals surface area contributed by atoms with Crippen LogP contribution >= 0.6 is 0 Å². The number of rotatable bonds is 5. The van der Waals surface area contributed by atoms with Gasteiger partial charge in [-0.3, -0.25) is 0 Å². The van der Waals surface area contributed by atoms with Gasteiger partial charge in [0.15, 0.2) is 11.6 Å². The number of H-pyrrole nitrogens is 1. The molecule has 0 amide bonds. The summed E-state index contributed by atoms with van der Waals surface area (Å²) in [4.78, 5) is 7.33. The molecule has 1 heterocycles. The minimum atomic E-state index is -0.188. The number of allylic oxidation sites excluding steroid dienone is 1. The predicted octanol–water partition coefficient (Wildman–Crippen LogP) is 3.44. The molecule has 0 saturated carbocycles. The van der Waals surface area contributed by atoms with E-state index in [-0.39, 0.29) is 17.9 Å². The van der Waals surface area contributed by atoms with Gasteiger partial charge < -0.3 is 19.6 Å². The van der Waals surface area contributed by atoms with Gasteiger partial charge in [0, 0.05) is 0 Å². The Morgan fingerprint density at radius 2 is 1.88 bits per heavy atom. The second-order valence-corrected chi connectivity index (χ2v) is 5.00. The van der Waals surface area contributed by atoms with Gasteiger partial charge in [0.25, 0.3) is 0 Å². The fourth-order valence-corrected chi connectivity index (χ4v) is 2.22. The molecule has 0 atom stereocenters. The molecule has 0 saturated heterocycles. The van der Waals surface area contributed by atoms with Crippen molar-refractivity contribution in [2.24, 2.45) is 0 Å². The Morgan fingerprint density at radius 3 is 2.54 bits per heavy atom. The number of aromatic nitrogens is 2. The molecule has 0 unspecified atom stereocenters. The van der Waals surface area contributed by atoms with Crippen molar-refractivity contribution in [3.63, 3.8) is 0 Å². The van der Waals surface area contributed by atoms with Crippen molar-refractivity contribution in [2.75, 3.05) is 13.7 Å². The Bertz CT molecular complexity index is 888. The van der Waals surface area contributed by atoms with Crippen LogP contribution in [0, 0.1) is 11.3 Å². The number of ether oxygens (including phenoxy) is 2. The van der Waals surface area contributed by atoms with Crippen LogP contribution in [0.25, 0.3) is 16.6 Å². The molecule has 3 rings (SSSR count). The van der Waals surface area contributed by atoms with Crippen LogP contribution < -0.4 is 9.47 Å². The highest BCUT2D eigenvalue weighted by Gasteiger charge is 2.13. The van der Waals surface area contributed by atoms with Gasteiger partial charge in [-0.25, -0.2) is 4.98 Å². The summed E-state index contributed by atoms with van der Waals surface area (Å²) >= 11 is 0. The maximum absolute atomic E-state index is 10.2. The number of methoxy groups -OCH3 is 1. The van der Waals surface area contributed by atoms with Crippen LogP contribution in [0.5, 0.6) is 11.5 Å². The zero-order chi connectivity index (χ0) is 16.9. The van der Waals surface area contributed by atoms with E-state index in [1.807, 2.05) is 30.3 Å². The highest BCUT2D eigenvalue weighted by molar-refractivity contribution is 5.82. The molecule has 0 aliphatic carbocycles. The fraction of sp³-hybridized carbons (Fsp3) is 0.111. The van der Waals surface area contributed by atoms with Crippen LogP contribution in [0.15, 0.2) is 54.3 Å². The van der Waals surface area contributed by atoms with E-state index in [9.17, 15) is 10.4 Å². The topological polar surface area (TPSA) is 91.2 Å². The third-order valence-electron chi connectivity index (χ3n) is 3.46. The lowest BCUT2D eigenvalue weighted by Crippen LogP contribution is -2.04. The van der Waals surface area contributed by atoms with Crippen molar-refractivity contribution < 1.29 is 14.6 Å². The summed E-state index contributed by atoms with van der Waals surface area (Å²) < 4.78 is 10.6. The first-order chi connectivity index (χ1) is 11.7. The number of hydrogen-bond donors (Lipinski definition) is 2. The lowest BCUT2D eigenvalue weighted by Gasteiger charge is -2.07. The van der Waals surface area contributed by atoms with E-state index in [1.54, 1.807) is 31.4 Å². The van der Waals surface area contributed by atoms with Crippen LogP contribution in [0.4, 0.5) is 0 Å². The molecule has 120 valence electrons. The number of nitrogens with zero attached hydrogens (tertiary/aromatic N) is 2. The lowest BCUT2D eigenvalue weighted by atomic mass is 10.2. The van der Waals surface area contributed by atoms with Crippen LogP contribution in [0.3, 0.4) is 0 Å². The highest BCUT2D eigenvalue weighted by atomic mass is 16.5. The first-order valence-corrected chi connectivity index (χ1v) is 7.25. The number of aliphatic hydroxyl groups is 1. The van der Waals surface area contributed by atoms with Crippen LogP contribution in [-0.4, -0.2) is 28.8 Å². The van der Waals surface area contributed by atoms with Crippen LogP contribution in [-0.2, 0) is 0 Å². The van der Waals surface area contributed by atoms with Crippen LogP contribution in [0.1, 0.15) is 5.82 Å². The normalized spacial score (nSPS) is 11.7. The SMILES string of the molecule is COc1ccc(OC/C(O)=C(\C#N)c2nc3ccccc3[nH]2)cc1. The van der Waals surface area contributed by atoms with E-state index in [2.05, 4.69) is 9.97 Å². The molecule has 2 N–H and O–H groups in total. The molecule has 6 nitrogen and oxygen atoms in total. The van der Waals surface area contributed by atoms with E-state index < -0.39 is 0 Å². The number of nitrogens with one attached hydrogen (secondary N) is 1. The summed E-state index contributed by atoms with van der Waals surface area (Å²) in [6.07, 6.45) is 0. The first-order valence-electron chi connectivity index (χ1n) is 7.25. The molecule has 2 aromatic carbocycles. The van der Waals surface area contributed by atoms with Crippen molar-refractivity contribution in [1.82, 2.24) is 9.97 Å². The number of fused-ring (bicyclic) bond motifs is 1. The Balaban J connectivity index is 1.80. The second-order valence-electron chi connectivity index (χ2n) is 5.00. The van der Waals surface area contributed by atoms with Gasteiger partial charge in [-0.2, -0.15) is 5.26 Å². The van der Waals surface area contributed by atoms with Crippen molar-refractivity contribution in [2.45, 2.75) is 0 Å². The smallest absolute Gasteiger partial charge is 0.152 e. The Morgan fingerprint density at radius 1 is 1.17 bits per heavy atom. The number of aromatic amines is 1. The summed E-state index contributed by atoms with van der Waals surface area (Å²) in [5, 5.41) is 19.5. The Hall–Kier alpha value is -3.46. The van der Waals surface area contributed by atoms with Gasteiger partial charge in [-0.15, -0.1) is 0 Å². The third-order valence-corrected chi connectivity index (χ3v) is 3.46. The predicted molar refractivity (Wildman–Crippen MR) is 89.7 cm³/mol. The minimum absolute atomic E-state index is 0.0553. The van der Waals surface area contributed by atoms with E-state index in [0.717, 1.165) is 11.0 Å². The fourth-order valence-electron chi connectivity index (χ4n) is 2.22. The molecule has 3 aromatic rings. The number of nitriles is 1. The number of aliphatic hydroxyl groups excluding tert-OH is 1. The molecule has 0 aliphatic rings. The first kappa shape index (κ1) is 15.4. The third kappa shape index (κ3) is 3.15. The quantitative estimate of drug-likeness (QED) is 0.555. The van der Waals surface area contributed by atoms with Crippen molar-refractivity contribution in [3.05, 3.63) is 60.1 Å². The van der Waals surface area contributed by atoms with E-state index in [4.69, 9.17) is 9.47 Å². The van der Waals surface area contributed by atoms with Gasteiger partial charge >= 0.3 is 0 Å². The van der Waals surface area contributed by atoms with Gasteiger partial charge in [0.05, 0.1) is 18.1 Å². The number of imidazole rings is 1. The molecule has 0 fully saturated rings. The molecule has 6 heteroatoms.